The van der Waals surface area contributed by atoms with E-state index in [1.54, 1.807) is 7.11 Å². The Kier molecular flexibility index (Phi) is 3.23. The average molecular weight is 200 g/mol. The molecule has 0 aromatic heterocycles. The Balaban J connectivity index is 1.90. The second-order valence-electron chi connectivity index (χ2n) is 3.77. The fourth-order valence-electron chi connectivity index (χ4n) is 1.77. The predicted molar refractivity (Wildman–Crippen MR) is 63.2 cm³/mol. The Hall–Kier alpha value is -1.50. The first-order valence-electron chi connectivity index (χ1n) is 5.37. The van der Waals surface area contributed by atoms with Crippen molar-refractivity contribution in [3.8, 4) is 5.75 Å². The van der Waals surface area contributed by atoms with Crippen LogP contribution in [0.2, 0.25) is 0 Å². The first-order chi connectivity index (χ1) is 7.38. The highest BCUT2D eigenvalue weighted by atomic mass is 16.5. The van der Waals surface area contributed by atoms with Crippen molar-refractivity contribution >= 4 is 0 Å². The molecule has 0 atom stereocenters. The minimum Gasteiger partial charge on any atom is -0.497 e. The summed E-state index contributed by atoms with van der Waals surface area (Å²) >= 11 is 0. The fraction of sp³-hybridized carbons (Fsp3) is 0.286. The SMILES string of the molecule is COc1ccc(CCC2=CCC=C2)cc1. The Morgan fingerprint density at radius 2 is 1.93 bits per heavy atom. The number of hydrogen-bond acceptors (Lipinski definition) is 1. The van der Waals surface area contributed by atoms with E-state index in [1.807, 2.05) is 12.1 Å². The number of hydrogen-bond donors (Lipinski definition) is 0. The zero-order valence-electron chi connectivity index (χ0n) is 9.07. The summed E-state index contributed by atoms with van der Waals surface area (Å²) in [6, 6.07) is 8.32. The molecule has 0 N–H and O–H groups in total. The van der Waals surface area contributed by atoms with Crippen LogP contribution in [0.15, 0.2) is 48.1 Å². The standard InChI is InChI=1S/C14H16O/c1-15-14-10-8-13(9-11-14)7-6-12-4-2-3-5-12/h2,4-5,8-11H,3,6-7H2,1H3. The third-order valence-electron chi connectivity index (χ3n) is 2.71. The Morgan fingerprint density at radius 3 is 2.53 bits per heavy atom. The normalized spacial score (nSPS) is 14.1. The predicted octanol–water partition coefficient (Wildman–Crippen LogP) is 3.51. The zero-order valence-corrected chi connectivity index (χ0v) is 9.07. The first kappa shape index (κ1) is 10.0. The van der Waals surface area contributed by atoms with E-state index >= 15 is 0 Å². The van der Waals surface area contributed by atoms with Crippen LogP contribution in [0.25, 0.3) is 0 Å². The molecular formula is C14H16O. The van der Waals surface area contributed by atoms with Gasteiger partial charge in [0.25, 0.3) is 0 Å². The van der Waals surface area contributed by atoms with Crippen molar-refractivity contribution in [1.82, 2.24) is 0 Å². The van der Waals surface area contributed by atoms with Crippen molar-refractivity contribution in [2.45, 2.75) is 19.3 Å². The van der Waals surface area contributed by atoms with Crippen LogP contribution >= 0.6 is 0 Å². The minimum absolute atomic E-state index is 0.929. The molecule has 0 amide bonds. The number of allylic oxidation sites excluding steroid dienone is 4. The van der Waals surface area contributed by atoms with Crippen LogP contribution in [0.3, 0.4) is 0 Å². The van der Waals surface area contributed by atoms with Gasteiger partial charge in [-0.05, 0) is 37.0 Å². The van der Waals surface area contributed by atoms with Gasteiger partial charge >= 0.3 is 0 Å². The van der Waals surface area contributed by atoms with Crippen LogP contribution in [0.1, 0.15) is 18.4 Å². The van der Waals surface area contributed by atoms with Gasteiger partial charge in [0.05, 0.1) is 7.11 Å². The number of aryl methyl sites for hydroxylation is 1. The van der Waals surface area contributed by atoms with E-state index in [-0.39, 0.29) is 0 Å². The molecule has 2 rings (SSSR count). The van der Waals surface area contributed by atoms with Gasteiger partial charge in [0.1, 0.15) is 5.75 Å². The van der Waals surface area contributed by atoms with Crippen LogP contribution in [0.4, 0.5) is 0 Å². The molecule has 1 aliphatic carbocycles. The second-order valence-corrected chi connectivity index (χ2v) is 3.77. The van der Waals surface area contributed by atoms with E-state index in [0.717, 1.165) is 25.0 Å². The highest BCUT2D eigenvalue weighted by Gasteiger charge is 1.99. The number of ether oxygens (including phenoxy) is 1. The summed E-state index contributed by atoms with van der Waals surface area (Å²) in [5, 5.41) is 0. The van der Waals surface area contributed by atoms with Crippen LogP contribution in [0.5, 0.6) is 5.75 Å². The smallest absolute Gasteiger partial charge is 0.118 e. The highest BCUT2D eigenvalue weighted by Crippen LogP contribution is 2.17. The van der Waals surface area contributed by atoms with Gasteiger partial charge in [0.2, 0.25) is 0 Å². The average Bonchev–Trinajstić information content (AvgIpc) is 2.80. The molecule has 0 saturated carbocycles. The lowest BCUT2D eigenvalue weighted by Crippen LogP contribution is -1.87. The zero-order chi connectivity index (χ0) is 10.5. The van der Waals surface area contributed by atoms with E-state index in [0.29, 0.717) is 0 Å². The Morgan fingerprint density at radius 1 is 1.13 bits per heavy atom. The highest BCUT2D eigenvalue weighted by molar-refractivity contribution is 5.30. The van der Waals surface area contributed by atoms with Crippen molar-refractivity contribution in [3.63, 3.8) is 0 Å². The van der Waals surface area contributed by atoms with Crippen LogP contribution < -0.4 is 4.74 Å². The molecule has 1 aromatic rings. The van der Waals surface area contributed by atoms with Crippen molar-refractivity contribution in [2.24, 2.45) is 0 Å². The van der Waals surface area contributed by atoms with Gasteiger partial charge in [-0.2, -0.15) is 0 Å². The molecular weight excluding hydrogens is 184 g/mol. The van der Waals surface area contributed by atoms with Crippen molar-refractivity contribution in [1.29, 1.82) is 0 Å². The maximum Gasteiger partial charge on any atom is 0.118 e. The summed E-state index contributed by atoms with van der Waals surface area (Å²) in [5.74, 6) is 0.929. The van der Waals surface area contributed by atoms with E-state index in [9.17, 15) is 0 Å². The molecule has 0 unspecified atom stereocenters. The summed E-state index contributed by atoms with van der Waals surface area (Å²) in [6.07, 6.45) is 10.1. The monoisotopic (exact) mass is 200 g/mol. The molecule has 0 heterocycles. The molecule has 0 bridgehead atoms. The van der Waals surface area contributed by atoms with Crippen LogP contribution in [0, 0.1) is 0 Å². The Labute approximate surface area is 91.1 Å². The third kappa shape index (κ3) is 2.72. The van der Waals surface area contributed by atoms with E-state index < -0.39 is 0 Å². The molecule has 78 valence electrons. The lowest BCUT2D eigenvalue weighted by molar-refractivity contribution is 0.414. The lowest BCUT2D eigenvalue weighted by Gasteiger charge is -2.03. The maximum absolute atomic E-state index is 5.12. The molecule has 1 aliphatic rings. The molecule has 1 aromatic carbocycles. The van der Waals surface area contributed by atoms with Crippen molar-refractivity contribution in [2.75, 3.05) is 7.11 Å². The van der Waals surface area contributed by atoms with Gasteiger partial charge in [0.15, 0.2) is 0 Å². The third-order valence-corrected chi connectivity index (χ3v) is 2.71. The van der Waals surface area contributed by atoms with Crippen LogP contribution in [-0.2, 0) is 6.42 Å². The lowest BCUT2D eigenvalue weighted by atomic mass is 10.1. The summed E-state index contributed by atoms with van der Waals surface area (Å²) in [7, 11) is 1.70. The van der Waals surface area contributed by atoms with Gasteiger partial charge in [-0.3, -0.25) is 0 Å². The van der Waals surface area contributed by atoms with Gasteiger partial charge in [-0.25, -0.2) is 0 Å². The molecule has 0 saturated heterocycles. The fourth-order valence-corrected chi connectivity index (χ4v) is 1.77. The summed E-state index contributed by atoms with van der Waals surface area (Å²) in [6.45, 7) is 0. The van der Waals surface area contributed by atoms with Crippen molar-refractivity contribution in [3.05, 3.63) is 53.6 Å². The summed E-state index contributed by atoms with van der Waals surface area (Å²) < 4.78 is 5.12. The van der Waals surface area contributed by atoms with Crippen molar-refractivity contribution < 1.29 is 4.74 Å². The Bertz CT molecular complexity index is 371. The second kappa shape index (κ2) is 4.83. The van der Waals surface area contributed by atoms with E-state index in [1.165, 1.54) is 11.1 Å². The summed E-state index contributed by atoms with van der Waals surface area (Å²) in [5.41, 5.74) is 2.84. The molecule has 15 heavy (non-hydrogen) atoms. The molecule has 0 spiro atoms. The van der Waals surface area contributed by atoms with E-state index in [4.69, 9.17) is 4.74 Å². The summed E-state index contributed by atoms with van der Waals surface area (Å²) in [4.78, 5) is 0. The van der Waals surface area contributed by atoms with Gasteiger partial charge in [-0.1, -0.05) is 35.9 Å². The maximum atomic E-state index is 5.12. The molecule has 0 fully saturated rings. The van der Waals surface area contributed by atoms with Gasteiger partial charge < -0.3 is 4.74 Å². The molecule has 1 nitrogen and oxygen atoms in total. The van der Waals surface area contributed by atoms with E-state index in [2.05, 4.69) is 30.4 Å². The molecule has 0 radical (unpaired) electrons. The quantitative estimate of drug-likeness (QED) is 0.722. The molecule has 0 aliphatic heterocycles. The largest absolute Gasteiger partial charge is 0.497 e. The topological polar surface area (TPSA) is 9.23 Å². The number of methoxy groups -OCH3 is 1. The first-order valence-corrected chi connectivity index (χ1v) is 5.37. The van der Waals surface area contributed by atoms with Crippen LogP contribution in [-0.4, -0.2) is 7.11 Å². The van der Waals surface area contributed by atoms with Gasteiger partial charge in [-0.15, -0.1) is 0 Å². The number of benzene rings is 1. The minimum atomic E-state index is 0.929. The van der Waals surface area contributed by atoms with Gasteiger partial charge in [0, 0.05) is 0 Å². The number of rotatable bonds is 4. The molecule has 1 heteroatoms.